The van der Waals surface area contributed by atoms with Crippen LogP contribution in [0.4, 0.5) is 5.69 Å². The molecule has 0 aliphatic carbocycles. The number of anilines is 1. The fraction of sp³-hybridized carbons (Fsp3) is 0.588. The van der Waals surface area contributed by atoms with Crippen molar-refractivity contribution >= 4 is 11.5 Å². The van der Waals surface area contributed by atoms with E-state index in [0.29, 0.717) is 12.1 Å². The Morgan fingerprint density at radius 1 is 1.25 bits per heavy atom. The quantitative estimate of drug-likeness (QED) is 0.788. The zero-order chi connectivity index (χ0) is 14.7. The number of Topliss-reactive ketones (excluding diaryl/α,β-unsaturated/α-hetero) is 1. The monoisotopic (exact) mass is 274 g/mol. The Labute approximate surface area is 122 Å². The van der Waals surface area contributed by atoms with E-state index in [4.69, 9.17) is 0 Å². The summed E-state index contributed by atoms with van der Waals surface area (Å²) in [4.78, 5) is 16.5. The molecular formula is C17H26N2O. The normalized spacial score (nSPS) is 23.9. The lowest BCUT2D eigenvalue weighted by Crippen LogP contribution is -2.56. The van der Waals surface area contributed by atoms with Gasteiger partial charge in [-0.1, -0.05) is 19.1 Å². The molecule has 0 radical (unpaired) electrons. The molecule has 2 rings (SSSR count). The average molecular weight is 274 g/mol. The second kappa shape index (κ2) is 6.40. The van der Waals surface area contributed by atoms with Crippen LogP contribution < -0.4 is 4.90 Å². The van der Waals surface area contributed by atoms with Crippen molar-refractivity contribution in [2.24, 2.45) is 0 Å². The fourth-order valence-corrected chi connectivity index (χ4v) is 3.19. The highest BCUT2D eigenvalue weighted by molar-refractivity contribution is 5.95. The molecule has 0 aromatic heterocycles. The molecular weight excluding hydrogens is 248 g/mol. The number of nitrogens with zero attached hydrogens (tertiary/aromatic N) is 2. The number of carbonyl (C=O) groups excluding carboxylic acids is 1. The summed E-state index contributed by atoms with van der Waals surface area (Å²) in [6.07, 6.45) is 1.20. The minimum absolute atomic E-state index is 0.137. The average Bonchev–Trinajstić information content (AvgIpc) is 2.42. The highest BCUT2D eigenvalue weighted by atomic mass is 16.1. The van der Waals surface area contributed by atoms with E-state index in [9.17, 15) is 4.79 Å². The van der Waals surface area contributed by atoms with Gasteiger partial charge in [-0.25, -0.2) is 0 Å². The molecule has 1 heterocycles. The number of carbonyl (C=O) groups is 1. The fourth-order valence-electron chi connectivity index (χ4n) is 3.19. The van der Waals surface area contributed by atoms with E-state index in [1.807, 2.05) is 18.2 Å². The number of hydrogen-bond acceptors (Lipinski definition) is 3. The first-order valence-corrected chi connectivity index (χ1v) is 7.64. The van der Waals surface area contributed by atoms with Crippen molar-refractivity contribution in [3.8, 4) is 0 Å². The number of piperazine rings is 1. The van der Waals surface area contributed by atoms with Gasteiger partial charge in [-0.3, -0.25) is 9.69 Å². The van der Waals surface area contributed by atoms with E-state index in [-0.39, 0.29) is 5.78 Å². The summed E-state index contributed by atoms with van der Waals surface area (Å²) in [5, 5.41) is 0. The molecule has 0 saturated carbocycles. The van der Waals surface area contributed by atoms with Gasteiger partial charge in [-0.15, -0.1) is 0 Å². The van der Waals surface area contributed by atoms with Crippen LogP contribution in [0.3, 0.4) is 0 Å². The van der Waals surface area contributed by atoms with Crippen LogP contribution in [0.15, 0.2) is 24.3 Å². The molecule has 1 saturated heterocycles. The molecule has 1 aliphatic rings. The maximum atomic E-state index is 11.5. The second-order valence-corrected chi connectivity index (χ2v) is 5.95. The summed E-state index contributed by atoms with van der Waals surface area (Å²) in [5.74, 6) is 0.137. The molecule has 0 amide bonds. The van der Waals surface area contributed by atoms with Crippen molar-refractivity contribution < 1.29 is 4.79 Å². The summed E-state index contributed by atoms with van der Waals surface area (Å²) >= 11 is 0. The van der Waals surface area contributed by atoms with Crippen molar-refractivity contribution in [1.82, 2.24) is 4.90 Å². The minimum atomic E-state index is 0.137. The van der Waals surface area contributed by atoms with E-state index in [2.05, 4.69) is 36.6 Å². The predicted molar refractivity (Wildman–Crippen MR) is 84.6 cm³/mol. The van der Waals surface area contributed by atoms with Crippen LogP contribution in [0.1, 0.15) is 44.5 Å². The lowest BCUT2D eigenvalue weighted by molar-refractivity contribution is 0.101. The van der Waals surface area contributed by atoms with Crippen LogP contribution in [0.2, 0.25) is 0 Å². The first-order valence-electron chi connectivity index (χ1n) is 7.64. The Bertz CT molecular complexity index is 460. The second-order valence-electron chi connectivity index (χ2n) is 5.95. The van der Waals surface area contributed by atoms with Gasteiger partial charge in [0.1, 0.15) is 0 Å². The van der Waals surface area contributed by atoms with E-state index >= 15 is 0 Å². The van der Waals surface area contributed by atoms with Gasteiger partial charge in [0.15, 0.2) is 5.78 Å². The molecule has 0 bridgehead atoms. The maximum Gasteiger partial charge on any atom is 0.159 e. The van der Waals surface area contributed by atoms with Crippen LogP contribution in [0, 0.1) is 0 Å². The predicted octanol–water partition coefficient (Wildman–Crippen LogP) is 3.20. The molecule has 2 atom stereocenters. The van der Waals surface area contributed by atoms with Gasteiger partial charge in [0.25, 0.3) is 0 Å². The number of hydrogen-bond donors (Lipinski definition) is 0. The maximum absolute atomic E-state index is 11.5. The summed E-state index contributed by atoms with van der Waals surface area (Å²) < 4.78 is 0. The van der Waals surface area contributed by atoms with E-state index < -0.39 is 0 Å². The molecule has 3 nitrogen and oxygen atoms in total. The van der Waals surface area contributed by atoms with E-state index in [1.54, 1.807) is 6.92 Å². The Hall–Kier alpha value is -1.35. The third-order valence-corrected chi connectivity index (χ3v) is 4.20. The third kappa shape index (κ3) is 3.21. The third-order valence-electron chi connectivity index (χ3n) is 4.20. The summed E-state index contributed by atoms with van der Waals surface area (Å²) in [7, 11) is 0. The van der Waals surface area contributed by atoms with Gasteiger partial charge < -0.3 is 4.90 Å². The van der Waals surface area contributed by atoms with Crippen molar-refractivity contribution in [2.75, 3.05) is 24.5 Å². The molecule has 0 spiro atoms. The lowest BCUT2D eigenvalue weighted by Gasteiger charge is -2.45. The van der Waals surface area contributed by atoms with Crippen molar-refractivity contribution in [3.05, 3.63) is 29.8 Å². The molecule has 2 unspecified atom stereocenters. The topological polar surface area (TPSA) is 23.6 Å². The molecule has 1 aliphatic heterocycles. The van der Waals surface area contributed by atoms with Crippen molar-refractivity contribution in [1.29, 1.82) is 0 Å². The van der Waals surface area contributed by atoms with Gasteiger partial charge in [0.05, 0.1) is 0 Å². The minimum Gasteiger partial charge on any atom is -0.368 e. The molecule has 1 fully saturated rings. The van der Waals surface area contributed by atoms with Gasteiger partial charge >= 0.3 is 0 Å². The Kier molecular flexibility index (Phi) is 4.81. The molecule has 0 N–H and O–H groups in total. The van der Waals surface area contributed by atoms with E-state index in [0.717, 1.165) is 18.7 Å². The zero-order valence-electron chi connectivity index (χ0n) is 13.1. The molecule has 1 aromatic carbocycles. The van der Waals surface area contributed by atoms with Crippen LogP contribution in [0.5, 0.6) is 0 Å². The summed E-state index contributed by atoms with van der Waals surface area (Å²) in [6.45, 7) is 11.7. The Morgan fingerprint density at radius 2 is 1.90 bits per heavy atom. The Morgan fingerprint density at radius 3 is 2.45 bits per heavy atom. The number of ketones is 1. The zero-order valence-corrected chi connectivity index (χ0v) is 13.1. The van der Waals surface area contributed by atoms with Gasteiger partial charge in [0.2, 0.25) is 0 Å². The molecule has 110 valence electrons. The van der Waals surface area contributed by atoms with Crippen molar-refractivity contribution in [3.63, 3.8) is 0 Å². The van der Waals surface area contributed by atoms with Crippen LogP contribution in [0.25, 0.3) is 0 Å². The Balaban J connectivity index is 2.15. The van der Waals surface area contributed by atoms with Gasteiger partial charge in [0, 0.05) is 36.4 Å². The number of benzene rings is 1. The highest BCUT2D eigenvalue weighted by Crippen LogP contribution is 2.23. The lowest BCUT2D eigenvalue weighted by atomic mass is 10.1. The highest BCUT2D eigenvalue weighted by Gasteiger charge is 2.28. The molecule has 1 aromatic rings. The molecule has 3 heteroatoms. The van der Waals surface area contributed by atoms with Crippen molar-refractivity contribution in [2.45, 2.75) is 46.2 Å². The van der Waals surface area contributed by atoms with E-state index in [1.165, 1.54) is 18.7 Å². The van der Waals surface area contributed by atoms with Crippen LogP contribution in [-0.4, -0.2) is 42.4 Å². The van der Waals surface area contributed by atoms with Crippen LogP contribution in [-0.2, 0) is 0 Å². The van der Waals surface area contributed by atoms with Gasteiger partial charge in [-0.05, 0) is 45.9 Å². The SMILES string of the molecule is CCCN1C(C)CN(c2cccc(C(C)=O)c2)CC1C. The van der Waals surface area contributed by atoms with Gasteiger partial charge in [-0.2, -0.15) is 0 Å². The smallest absolute Gasteiger partial charge is 0.159 e. The summed E-state index contributed by atoms with van der Waals surface area (Å²) in [6, 6.07) is 9.13. The first-order chi connectivity index (χ1) is 9.52. The van der Waals surface area contributed by atoms with Crippen LogP contribution >= 0.6 is 0 Å². The number of rotatable bonds is 4. The first kappa shape index (κ1) is 15.0. The molecule has 20 heavy (non-hydrogen) atoms. The standard InChI is InChI=1S/C17H26N2O/c1-5-9-19-13(2)11-18(12-14(19)3)17-8-6-7-16(10-17)15(4)20/h6-8,10,13-14H,5,9,11-12H2,1-4H3. The summed E-state index contributed by atoms with van der Waals surface area (Å²) in [5.41, 5.74) is 1.98. The largest absolute Gasteiger partial charge is 0.368 e.